The molecule has 1 unspecified atom stereocenters. The molecule has 0 heterocycles. The Bertz CT molecular complexity index is 469. The molecule has 0 aliphatic heterocycles. The number of benzene rings is 1. The van der Waals surface area contributed by atoms with E-state index in [2.05, 4.69) is 0 Å². The first-order valence-electron chi connectivity index (χ1n) is 5.09. The average Bonchev–Trinajstić information content (AvgIpc) is 2.28. The first-order chi connectivity index (χ1) is 8.40. The van der Waals surface area contributed by atoms with Gasteiger partial charge in [0.05, 0.1) is 0 Å². The highest BCUT2D eigenvalue weighted by Crippen LogP contribution is 2.19. The molecule has 1 rings (SSSR count). The van der Waals surface area contributed by atoms with Gasteiger partial charge in [-0.3, -0.25) is 14.4 Å². The Morgan fingerprint density at radius 3 is 2.28 bits per heavy atom. The molecule has 0 bridgehead atoms. The van der Waals surface area contributed by atoms with Crippen molar-refractivity contribution in [3.05, 3.63) is 34.9 Å². The topological polar surface area (TPSA) is 71.4 Å². The molecule has 0 amide bonds. The molecule has 96 valence electrons. The van der Waals surface area contributed by atoms with Gasteiger partial charge in [-0.25, -0.2) is 0 Å². The number of thioether (sulfide) groups is 1. The van der Waals surface area contributed by atoms with Crippen molar-refractivity contribution in [2.24, 2.45) is 0 Å². The number of rotatable bonds is 5. The van der Waals surface area contributed by atoms with Gasteiger partial charge in [0, 0.05) is 23.9 Å². The Morgan fingerprint density at radius 1 is 1.28 bits per heavy atom. The maximum Gasteiger partial charge on any atom is 0.317 e. The summed E-state index contributed by atoms with van der Waals surface area (Å²) in [5.41, 5.74) is 0.384. The molecule has 0 fully saturated rings. The van der Waals surface area contributed by atoms with Crippen LogP contribution in [0.3, 0.4) is 0 Å². The van der Waals surface area contributed by atoms with Crippen LogP contribution in [0.25, 0.3) is 0 Å². The van der Waals surface area contributed by atoms with Gasteiger partial charge in [0.15, 0.2) is 10.9 Å². The maximum absolute atomic E-state index is 11.8. The predicted octanol–water partition coefficient (Wildman–Crippen LogP) is 2.65. The monoisotopic (exact) mass is 286 g/mol. The van der Waals surface area contributed by atoms with Crippen LogP contribution in [0.4, 0.5) is 0 Å². The van der Waals surface area contributed by atoms with Crippen molar-refractivity contribution in [2.45, 2.75) is 18.6 Å². The van der Waals surface area contributed by atoms with Gasteiger partial charge in [-0.15, -0.1) is 0 Å². The maximum atomic E-state index is 11.8. The highest BCUT2D eigenvalue weighted by molar-refractivity contribution is 8.14. The Hall–Kier alpha value is -1.33. The van der Waals surface area contributed by atoms with E-state index in [1.165, 1.54) is 19.1 Å². The summed E-state index contributed by atoms with van der Waals surface area (Å²) < 4.78 is 0. The third-order valence-electron chi connectivity index (χ3n) is 2.12. The second-order valence-electron chi connectivity index (χ2n) is 3.57. The van der Waals surface area contributed by atoms with E-state index < -0.39 is 11.2 Å². The van der Waals surface area contributed by atoms with Crippen LogP contribution >= 0.6 is 23.4 Å². The second-order valence-corrected chi connectivity index (χ2v) is 5.39. The van der Waals surface area contributed by atoms with Crippen molar-refractivity contribution < 1.29 is 19.5 Å². The van der Waals surface area contributed by atoms with E-state index in [9.17, 15) is 14.4 Å². The molecule has 0 aliphatic carbocycles. The number of halogens is 1. The third kappa shape index (κ3) is 4.50. The molecule has 0 saturated heterocycles. The smallest absolute Gasteiger partial charge is 0.317 e. The molecule has 6 heteroatoms. The van der Waals surface area contributed by atoms with Crippen LogP contribution in [0.2, 0.25) is 5.02 Å². The summed E-state index contributed by atoms with van der Waals surface area (Å²) in [5.74, 6) is -1.50. The Balaban J connectivity index is 2.75. The van der Waals surface area contributed by atoms with Gasteiger partial charge in [-0.05, 0) is 24.3 Å². The number of Topliss-reactive ketones (excluding diaryl/α,β-unsaturated/α-hetero) is 1. The highest BCUT2D eigenvalue weighted by Gasteiger charge is 2.24. The summed E-state index contributed by atoms with van der Waals surface area (Å²) in [4.78, 5) is 33.6. The lowest BCUT2D eigenvalue weighted by Crippen LogP contribution is -2.21. The van der Waals surface area contributed by atoms with Crippen molar-refractivity contribution >= 4 is 40.2 Å². The zero-order chi connectivity index (χ0) is 13.7. The molecule has 0 spiro atoms. The fraction of sp³-hybridized carbons (Fsp3) is 0.250. The SMILES string of the molecule is CC(=O)SC(CC(=O)c1ccc(Cl)cc1)C(=O)O. The second kappa shape index (κ2) is 6.56. The molecule has 0 saturated carbocycles. The number of carbonyl (C=O) groups excluding carboxylic acids is 2. The van der Waals surface area contributed by atoms with Crippen LogP contribution < -0.4 is 0 Å². The summed E-state index contributed by atoms with van der Waals surface area (Å²) in [6.45, 7) is 1.27. The third-order valence-corrected chi connectivity index (χ3v) is 3.36. The molecule has 18 heavy (non-hydrogen) atoms. The summed E-state index contributed by atoms with van der Waals surface area (Å²) in [6.07, 6.45) is -0.221. The van der Waals surface area contributed by atoms with Crippen LogP contribution in [-0.4, -0.2) is 27.2 Å². The number of carboxylic acid groups (broad SMARTS) is 1. The van der Waals surface area contributed by atoms with E-state index >= 15 is 0 Å². The molecule has 1 atom stereocenters. The molecule has 0 aromatic heterocycles. The van der Waals surface area contributed by atoms with Gasteiger partial charge >= 0.3 is 5.97 Å². The van der Waals surface area contributed by atoms with E-state index in [-0.39, 0.29) is 17.3 Å². The number of aliphatic carboxylic acids is 1. The van der Waals surface area contributed by atoms with Crippen LogP contribution in [-0.2, 0) is 9.59 Å². The standard InChI is InChI=1S/C12H11ClO4S/c1-7(14)18-11(12(16)17)6-10(15)8-2-4-9(13)5-3-8/h2-5,11H,6H2,1H3,(H,16,17). The van der Waals surface area contributed by atoms with Gasteiger partial charge in [0.25, 0.3) is 0 Å². The molecule has 1 aromatic carbocycles. The number of carboxylic acids is 1. The fourth-order valence-corrected chi connectivity index (χ4v) is 2.16. The average molecular weight is 287 g/mol. The zero-order valence-corrected chi connectivity index (χ0v) is 11.1. The number of carbonyl (C=O) groups is 3. The predicted molar refractivity (Wildman–Crippen MR) is 70.1 cm³/mol. The molecule has 1 N–H and O–H groups in total. The molecular formula is C12H11ClO4S. The van der Waals surface area contributed by atoms with E-state index in [1.807, 2.05) is 0 Å². The van der Waals surface area contributed by atoms with Crippen molar-refractivity contribution in [3.8, 4) is 0 Å². The minimum Gasteiger partial charge on any atom is -0.480 e. The fourth-order valence-electron chi connectivity index (χ4n) is 1.30. The highest BCUT2D eigenvalue weighted by atomic mass is 35.5. The molecule has 1 aromatic rings. The first kappa shape index (κ1) is 14.7. The summed E-state index contributed by atoms with van der Waals surface area (Å²) in [7, 11) is 0. The van der Waals surface area contributed by atoms with Gasteiger partial charge in [0.2, 0.25) is 0 Å². The molecule has 0 aliphatic rings. The van der Waals surface area contributed by atoms with E-state index in [0.29, 0.717) is 22.3 Å². The van der Waals surface area contributed by atoms with Crippen LogP contribution in [0.15, 0.2) is 24.3 Å². The lowest BCUT2D eigenvalue weighted by atomic mass is 10.1. The number of ketones is 1. The van der Waals surface area contributed by atoms with E-state index in [4.69, 9.17) is 16.7 Å². The van der Waals surface area contributed by atoms with Gasteiger partial charge < -0.3 is 5.11 Å². The zero-order valence-electron chi connectivity index (χ0n) is 9.55. The number of hydrogen-bond acceptors (Lipinski definition) is 4. The Morgan fingerprint density at radius 2 is 1.83 bits per heavy atom. The van der Waals surface area contributed by atoms with E-state index in [0.717, 1.165) is 0 Å². The van der Waals surface area contributed by atoms with Crippen molar-refractivity contribution in [1.82, 2.24) is 0 Å². The minimum absolute atomic E-state index is 0.221. The van der Waals surface area contributed by atoms with Crippen LogP contribution in [0, 0.1) is 0 Å². The molecule has 4 nitrogen and oxygen atoms in total. The van der Waals surface area contributed by atoms with Crippen LogP contribution in [0.5, 0.6) is 0 Å². The van der Waals surface area contributed by atoms with Crippen molar-refractivity contribution in [2.75, 3.05) is 0 Å². The largest absolute Gasteiger partial charge is 0.480 e. The minimum atomic E-state index is -1.17. The lowest BCUT2D eigenvalue weighted by Gasteiger charge is -2.09. The van der Waals surface area contributed by atoms with E-state index in [1.54, 1.807) is 12.1 Å². The lowest BCUT2D eigenvalue weighted by molar-refractivity contribution is -0.136. The first-order valence-corrected chi connectivity index (χ1v) is 6.34. The summed E-state index contributed by atoms with van der Waals surface area (Å²) in [6, 6.07) is 6.18. The summed E-state index contributed by atoms with van der Waals surface area (Å²) in [5, 5.41) is 8.04. The Kier molecular flexibility index (Phi) is 5.37. The summed E-state index contributed by atoms with van der Waals surface area (Å²) >= 11 is 6.34. The van der Waals surface area contributed by atoms with Crippen LogP contribution in [0.1, 0.15) is 23.7 Å². The van der Waals surface area contributed by atoms with Gasteiger partial charge in [-0.2, -0.15) is 0 Å². The Labute approximate surface area is 113 Å². The molecule has 0 radical (unpaired) electrons. The normalized spacial score (nSPS) is 11.9. The van der Waals surface area contributed by atoms with Gasteiger partial charge in [-0.1, -0.05) is 23.4 Å². The molecular weight excluding hydrogens is 276 g/mol. The quantitative estimate of drug-likeness (QED) is 0.843. The van der Waals surface area contributed by atoms with Crippen molar-refractivity contribution in [3.63, 3.8) is 0 Å². The van der Waals surface area contributed by atoms with Gasteiger partial charge in [0.1, 0.15) is 5.25 Å². The number of hydrogen-bond donors (Lipinski definition) is 1. The van der Waals surface area contributed by atoms with Crippen molar-refractivity contribution in [1.29, 1.82) is 0 Å².